The number of hydrogen-bond donors (Lipinski definition) is 2. The van der Waals surface area contributed by atoms with Gasteiger partial charge >= 0.3 is 5.69 Å². The normalized spacial score (nSPS) is 10.9. The van der Waals surface area contributed by atoms with E-state index in [9.17, 15) is 14.4 Å². The standard InChI is InChI=1S/C23H21ClN6O3/c1-25-20-9-15(7-8-26-20)11-28-21(31)18-10-17-19(12-27-18)29(2)23(33)30(22(17)32)13-14-3-5-16(24)6-4-14/h3-10,12H,11,13H2,1-2H3,(H,25,26)(H,28,31). The summed E-state index contributed by atoms with van der Waals surface area (Å²) >= 11 is 5.92. The molecule has 4 rings (SSSR count). The molecule has 0 radical (unpaired) electrons. The van der Waals surface area contributed by atoms with Crippen LogP contribution in [0.4, 0.5) is 5.82 Å². The second-order valence-corrected chi connectivity index (χ2v) is 7.86. The maximum absolute atomic E-state index is 13.1. The minimum absolute atomic E-state index is 0.0817. The number of anilines is 1. The number of fused-ring (bicyclic) bond motifs is 1. The first kappa shape index (κ1) is 22.2. The molecule has 0 atom stereocenters. The summed E-state index contributed by atoms with van der Waals surface area (Å²) in [7, 11) is 3.32. The average Bonchev–Trinajstić information content (AvgIpc) is 2.84. The van der Waals surface area contributed by atoms with E-state index in [1.54, 1.807) is 50.6 Å². The number of nitrogens with one attached hydrogen (secondary N) is 2. The van der Waals surface area contributed by atoms with Crippen LogP contribution in [0.3, 0.4) is 0 Å². The predicted molar refractivity (Wildman–Crippen MR) is 127 cm³/mol. The van der Waals surface area contributed by atoms with Gasteiger partial charge in [-0.3, -0.25) is 18.7 Å². The Morgan fingerprint density at radius 3 is 2.55 bits per heavy atom. The fraction of sp³-hybridized carbons (Fsp3) is 0.174. The van der Waals surface area contributed by atoms with E-state index in [0.717, 1.165) is 15.7 Å². The lowest BCUT2D eigenvalue weighted by atomic mass is 10.2. The van der Waals surface area contributed by atoms with Crippen molar-refractivity contribution in [2.45, 2.75) is 13.1 Å². The van der Waals surface area contributed by atoms with E-state index in [4.69, 9.17) is 11.6 Å². The molecule has 0 fully saturated rings. The van der Waals surface area contributed by atoms with Crippen molar-refractivity contribution in [3.05, 3.63) is 97.5 Å². The van der Waals surface area contributed by atoms with Gasteiger partial charge in [-0.25, -0.2) is 14.8 Å². The van der Waals surface area contributed by atoms with Crippen molar-refractivity contribution in [1.82, 2.24) is 24.4 Å². The molecule has 0 aliphatic heterocycles. The fourth-order valence-electron chi connectivity index (χ4n) is 3.43. The van der Waals surface area contributed by atoms with Gasteiger partial charge in [0, 0.05) is 31.9 Å². The Hall–Kier alpha value is -3.98. The van der Waals surface area contributed by atoms with Crippen LogP contribution < -0.4 is 21.9 Å². The monoisotopic (exact) mass is 464 g/mol. The largest absolute Gasteiger partial charge is 0.373 e. The number of pyridine rings is 2. The maximum atomic E-state index is 13.1. The number of benzene rings is 1. The summed E-state index contributed by atoms with van der Waals surface area (Å²) in [6.45, 7) is 0.349. The van der Waals surface area contributed by atoms with Gasteiger partial charge in [0.15, 0.2) is 0 Å². The van der Waals surface area contributed by atoms with E-state index >= 15 is 0 Å². The van der Waals surface area contributed by atoms with Crippen LogP contribution in [0.25, 0.3) is 10.9 Å². The third kappa shape index (κ3) is 4.63. The first-order valence-electron chi connectivity index (χ1n) is 10.1. The third-order valence-electron chi connectivity index (χ3n) is 5.26. The minimum atomic E-state index is -0.493. The lowest BCUT2D eigenvalue weighted by Crippen LogP contribution is -2.39. The van der Waals surface area contributed by atoms with E-state index in [1.807, 2.05) is 6.07 Å². The highest BCUT2D eigenvalue weighted by molar-refractivity contribution is 6.30. The SMILES string of the molecule is CNc1cc(CNC(=O)c2cc3c(=O)n(Cc4ccc(Cl)cc4)c(=O)n(C)c3cn2)ccn1. The highest BCUT2D eigenvalue weighted by Gasteiger charge is 2.15. The van der Waals surface area contributed by atoms with Crippen LogP contribution in [0.5, 0.6) is 0 Å². The molecule has 0 saturated carbocycles. The molecule has 0 spiro atoms. The Balaban J connectivity index is 1.65. The number of aromatic nitrogens is 4. The van der Waals surface area contributed by atoms with Crippen molar-refractivity contribution in [3.8, 4) is 0 Å². The summed E-state index contributed by atoms with van der Waals surface area (Å²) in [4.78, 5) is 46.9. The van der Waals surface area contributed by atoms with E-state index in [0.29, 0.717) is 16.4 Å². The minimum Gasteiger partial charge on any atom is -0.373 e. The number of nitrogens with zero attached hydrogens (tertiary/aromatic N) is 4. The van der Waals surface area contributed by atoms with E-state index in [-0.39, 0.29) is 24.2 Å². The van der Waals surface area contributed by atoms with Gasteiger partial charge in [-0.15, -0.1) is 0 Å². The molecule has 4 aromatic rings. The Morgan fingerprint density at radius 1 is 1.06 bits per heavy atom. The summed E-state index contributed by atoms with van der Waals surface area (Å²) < 4.78 is 2.47. The Kier molecular flexibility index (Phi) is 6.23. The summed E-state index contributed by atoms with van der Waals surface area (Å²) in [6.07, 6.45) is 3.01. The summed E-state index contributed by atoms with van der Waals surface area (Å²) in [5, 5.41) is 6.52. The van der Waals surface area contributed by atoms with Crippen LogP contribution in [-0.4, -0.2) is 32.1 Å². The highest BCUT2D eigenvalue weighted by Crippen LogP contribution is 2.12. The van der Waals surface area contributed by atoms with Gasteiger partial charge in [0.2, 0.25) is 0 Å². The zero-order valence-corrected chi connectivity index (χ0v) is 18.8. The molecule has 2 N–H and O–H groups in total. The van der Waals surface area contributed by atoms with E-state index < -0.39 is 17.2 Å². The summed E-state index contributed by atoms with van der Waals surface area (Å²) in [6, 6.07) is 11.9. The van der Waals surface area contributed by atoms with Crippen molar-refractivity contribution in [2.75, 3.05) is 12.4 Å². The molecule has 3 heterocycles. The topological polar surface area (TPSA) is 111 Å². The Bertz CT molecular complexity index is 1460. The van der Waals surface area contributed by atoms with Crippen LogP contribution in [0.1, 0.15) is 21.6 Å². The van der Waals surface area contributed by atoms with Crippen LogP contribution in [0.2, 0.25) is 5.02 Å². The van der Waals surface area contributed by atoms with Gasteiger partial charge in [-0.1, -0.05) is 23.7 Å². The van der Waals surface area contributed by atoms with Gasteiger partial charge in [0.05, 0.1) is 23.6 Å². The Labute approximate surface area is 193 Å². The van der Waals surface area contributed by atoms with Gasteiger partial charge in [-0.05, 0) is 41.5 Å². The van der Waals surface area contributed by atoms with Crippen molar-refractivity contribution in [3.63, 3.8) is 0 Å². The number of carbonyl (C=O) groups excluding carboxylic acids is 1. The van der Waals surface area contributed by atoms with Crippen molar-refractivity contribution in [1.29, 1.82) is 0 Å². The number of rotatable bonds is 6. The highest BCUT2D eigenvalue weighted by atomic mass is 35.5. The van der Waals surface area contributed by atoms with Crippen molar-refractivity contribution in [2.24, 2.45) is 7.05 Å². The lowest BCUT2D eigenvalue weighted by molar-refractivity contribution is 0.0946. The second kappa shape index (κ2) is 9.25. The zero-order chi connectivity index (χ0) is 23.5. The van der Waals surface area contributed by atoms with Crippen LogP contribution in [0, 0.1) is 0 Å². The molecule has 0 aliphatic carbocycles. The van der Waals surface area contributed by atoms with Crippen LogP contribution in [-0.2, 0) is 20.1 Å². The molecule has 1 amide bonds. The molecule has 3 aromatic heterocycles. The molecule has 33 heavy (non-hydrogen) atoms. The molecule has 9 nitrogen and oxygen atoms in total. The third-order valence-corrected chi connectivity index (χ3v) is 5.51. The average molecular weight is 465 g/mol. The number of hydrogen-bond acceptors (Lipinski definition) is 6. The molecule has 0 aliphatic rings. The molecular formula is C23H21ClN6O3. The fourth-order valence-corrected chi connectivity index (χ4v) is 3.56. The lowest BCUT2D eigenvalue weighted by Gasteiger charge is -2.12. The predicted octanol–water partition coefficient (Wildman–Crippen LogP) is 2.16. The molecule has 1 aromatic carbocycles. The van der Waals surface area contributed by atoms with E-state index in [2.05, 4.69) is 20.6 Å². The first-order chi connectivity index (χ1) is 15.9. The summed E-state index contributed by atoms with van der Waals surface area (Å²) in [5.74, 6) is 0.255. The second-order valence-electron chi connectivity index (χ2n) is 7.43. The number of aryl methyl sites for hydroxylation is 1. The van der Waals surface area contributed by atoms with Crippen molar-refractivity contribution >= 4 is 34.2 Å². The molecular weight excluding hydrogens is 444 g/mol. The number of carbonyl (C=O) groups is 1. The molecule has 10 heteroatoms. The quantitative estimate of drug-likeness (QED) is 0.452. The summed E-state index contributed by atoms with van der Waals surface area (Å²) in [5.41, 5.74) is 1.08. The molecule has 0 saturated heterocycles. The first-order valence-corrected chi connectivity index (χ1v) is 10.5. The number of halogens is 1. The van der Waals surface area contributed by atoms with E-state index in [1.165, 1.54) is 16.8 Å². The maximum Gasteiger partial charge on any atom is 0.331 e. The van der Waals surface area contributed by atoms with Gasteiger partial charge in [-0.2, -0.15) is 0 Å². The molecule has 0 bridgehead atoms. The van der Waals surface area contributed by atoms with Gasteiger partial charge in [0.25, 0.3) is 11.5 Å². The van der Waals surface area contributed by atoms with Gasteiger partial charge < -0.3 is 10.6 Å². The Morgan fingerprint density at radius 2 is 1.82 bits per heavy atom. The number of amides is 1. The zero-order valence-electron chi connectivity index (χ0n) is 18.0. The molecule has 0 unspecified atom stereocenters. The van der Waals surface area contributed by atoms with Crippen molar-refractivity contribution < 1.29 is 4.79 Å². The van der Waals surface area contributed by atoms with Gasteiger partial charge in [0.1, 0.15) is 11.5 Å². The smallest absolute Gasteiger partial charge is 0.331 e. The molecule has 168 valence electrons. The van der Waals surface area contributed by atoms with Crippen LogP contribution >= 0.6 is 11.6 Å². The van der Waals surface area contributed by atoms with Crippen LogP contribution in [0.15, 0.2) is 64.4 Å².